The van der Waals surface area contributed by atoms with Crippen molar-refractivity contribution in [2.75, 3.05) is 0 Å². The van der Waals surface area contributed by atoms with E-state index < -0.39 is 29.8 Å². The van der Waals surface area contributed by atoms with Crippen molar-refractivity contribution in [2.45, 2.75) is 98.8 Å². The summed E-state index contributed by atoms with van der Waals surface area (Å²) in [5.74, 6) is -0.895. The van der Waals surface area contributed by atoms with Crippen molar-refractivity contribution in [3.8, 4) is 0 Å². The molecule has 3 atom stereocenters. The van der Waals surface area contributed by atoms with Gasteiger partial charge in [-0.3, -0.25) is 9.59 Å². The average molecular weight is 462 g/mol. The van der Waals surface area contributed by atoms with Crippen LogP contribution in [0.4, 0.5) is 4.79 Å². The van der Waals surface area contributed by atoms with Crippen LogP contribution in [0.25, 0.3) is 0 Å². The highest BCUT2D eigenvalue weighted by Crippen LogP contribution is 2.25. The third-order valence-electron chi connectivity index (χ3n) is 5.07. The molecule has 0 spiro atoms. The van der Waals surface area contributed by atoms with Crippen LogP contribution in [0, 0.1) is 17.3 Å². The van der Waals surface area contributed by atoms with Gasteiger partial charge in [0.25, 0.3) is 0 Å². The standard InChI is InChI=1S/C27H43NO5/c1-18(2)14-21(28-25(32)33-27(6,7)8)22(29)16-20(15-19-12-10-9-11-13-19)24(31)23(30)17-26(3,4)5/h9-13,18,20-21,24,31H,14-17H2,1-8H3,(H,28,32)/t20?,21-,24?/m0/s1. The number of rotatable bonds is 11. The summed E-state index contributed by atoms with van der Waals surface area (Å²) in [7, 11) is 0. The number of hydrogen-bond donors (Lipinski definition) is 2. The zero-order valence-corrected chi connectivity index (χ0v) is 21.6. The summed E-state index contributed by atoms with van der Waals surface area (Å²) < 4.78 is 5.34. The first-order chi connectivity index (χ1) is 15.1. The molecule has 186 valence electrons. The second-order valence-electron chi connectivity index (χ2n) is 11.6. The molecule has 0 aromatic heterocycles. The summed E-state index contributed by atoms with van der Waals surface area (Å²) in [6.45, 7) is 15.1. The fourth-order valence-electron chi connectivity index (χ4n) is 3.70. The number of carbonyl (C=O) groups is 3. The number of carbonyl (C=O) groups excluding carboxylic acids is 3. The van der Waals surface area contributed by atoms with E-state index in [9.17, 15) is 19.5 Å². The van der Waals surface area contributed by atoms with Crippen molar-refractivity contribution in [1.82, 2.24) is 5.32 Å². The molecule has 33 heavy (non-hydrogen) atoms. The Morgan fingerprint density at radius 3 is 2.03 bits per heavy atom. The quantitative estimate of drug-likeness (QED) is 0.478. The number of hydrogen-bond acceptors (Lipinski definition) is 5. The van der Waals surface area contributed by atoms with Gasteiger partial charge >= 0.3 is 6.09 Å². The lowest BCUT2D eigenvalue weighted by atomic mass is 9.81. The number of amides is 1. The Morgan fingerprint density at radius 1 is 0.970 bits per heavy atom. The molecule has 0 saturated heterocycles. The predicted octanol–water partition coefficient (Wildman–Crippen LogP) is 5.11. The minimum Gasteiger partial charge on any atom is -0.444 e. The molecule has 0 fully saturated rings. The van der Waals surface area contributed by atoms with Gasteiger partial charge in [-0.05, 0) is 50.5 Å². The third-order valence-corrected chi connectivity index (χ3v) is 5.07. The lowest BCUT2D eigenvalue weighted by Gasteiger charge is -2.28. The first kappa shape index (κ1) is 28.8. The third kappa shape index (κ3) is 12.0. The van der Waals surface area contributed by atoms with Crippen LogP contribution in [-0.4, -0.2) is 40.5 Å². The summed E-state index contributed by atoms with van der Waals surface area (Å²) in [6, 6.07) is 8.77. The zero-order valence-electron chi connectivity index (χ0n) is 21.6. The molecular formula is C27H43NO5. The smallest absolute Gasteiger partial charge is 0.408 e. The molecule has 6 heteroatoms. The minimum atomic E-state index is -1.25. The van der Waals surface area contributed by atoms with E-state index in [2.05, 4.69) is 5.32 Å². The van der Waals surface area contributed by atoms with E-state index in [0.29, 0.717) is 12.8 Å². The maximum Gasteiger partial charge on any atom is 0.408 e. The lowest BCUT2D eigenvalue weighted by Crippen LogP contribution is -2.45. The zero-order chi connectivity index (χ0) is 25.4. The summed E-state index contributed by atoms with van der Waals surface area (Å²) in [5.41, 5.74) is -0.00271. The highest BCUT2D eigenvalue weighted by molar-refractivity contribution is 5.89. The van der Waals surface area contributed by atoms with Gasteiger partial charge in [-0.15, -0.1) is 0 Å². The number of aliphatic hydroxyl groups is 1. The number of benzene rings is 1. The van der Waals surface area contributed by atoms with Crippen LogP contribution in [0.5, 0.6) is 0 Å². The molecule has 0 aliphatic heterocycles. The number of nitrogens with one attached hydrogen (secondary N) is 1. The normalized spacial score (nSPS) is 15.0. The highest BCUT2D eigenvalue weighted by Gasteiger charge is 2.33. The molecule has 1 amide bonds. The molecule has 0 aliphatic carbocycles. The summed E-state index contributed by atoms with van der Waals surface area (Å²) in [6.07, 6.45) is -0.856. The Hall–Kier alpha value is -2.21. The van der Waals surface area contributed by atoms with Gasteiger partial charge in [0.15, 0.2) is 11.6 Å². The Kier molecular flexibility index (Phi) is 10.8. The molecule has 0 radical (unpaired) electrons. The maximum absolute atomic E-state index is 13.3. The first-order valence-corrected chi connectivity index (χ1v) is 11.8. The van der Waals surface area contributed by atoms with Gasteiger partial charge in [0.1, 0.15) is 11.7 Å². The molecule has 1 aromatic carbocycles. The summed E-state index contributed by atoms with van der Waals surface area (Å²) >= 11 is 0. The van der Waals surface area contributed by atoms with Crippen molar-refractivity contribution in [3.05, 3.63) is 35.9 Å². The van der Waals surface area contributed by atoms with E-state index in [1.54, 1.807) is 20.8 Å². The molecule has 1 rings (SSSR count). The predicted molar refractivity (Wildman–Crippen MR) is 131 cm³/mol. The second kappa shape index (κ2) is 12.3. The van der Waals surface area contributed by atoms with Gasteiger partial charge in [0, 0.05) is 18.8 Å². The Bertz CT molecular complexity index is 774. The van der Waals surface area contributed by atoms with Gasteiger partial charge in [0.2, 0.25) is 0 Å². The fraction of sp³-hybridized carbons (Fsp3) is 0.667. The minimum absolute atomic E-state index is 0.0148. The number of ether oxygens (including phenoxy) is 1. The van der Waals surface area contributed by atoms with Crippen LogP contribution < -0.4 is 5.32 Å². The SMILES string of the molecule is CC(C)C[C@H](NC(=O)OC(C)(C)C)C(=O)CC(Cc1ccccc1)C(O)C(=O)CC(C)(C)C. The van der Waals surface area contributed by atoms with Gasteiger partial charge in [-0.2, -0.15) is 0 Å². The van der Waals surface area contributed by atoms with Crippen LogP contribution in [0.2, 0.25) is 0 Å². The number of Topliss-reactive ketones (excluding diaryl/α,β-unsaturated/α-hetero) is 2. The van der Waals surface area contributed by atoms with E-state index in [4.69, 9.17) is 4.74 Å². The molecule has 0 heterocycles. The average Bonchev–Trinajstić information content (AvgIpc) is 2.63. The van der Waals surface area contributed by atoms with E-state index in [0.717, 1.165) is 5.56 Å². The van der Waals surface area contributed by atoms with Crippen LogP contribution in [0.3, 0.4) is 0 Å². The number of alkyl carbamates (subject to hydrolysis) is 1. The van der Waals surface area contributed by atoms with Crippen molar-refractivity contribution < 1.29 is 24.2 Å². The van der Waals surface area contributed by atoms with Gasteiger partial charge in [-0.1, -0.05) is 65.0 Å². The summed E-state index contributed by atoms with van der Waals surface area (Å²) in [5, 5.41) is 13.6. The van der Waals surface area contributed by atoms with Gasteiger partial charge < -0.3 is 15.2 Å². The molecule has 6 nitrogen and oxygen atoms in total. The largest absolute Gasteiger partial charge is 0.444 e. The highest BCUT2D eigenvalue weighted by atomic mass is 16.6. The van der Waals surface area contributed by atoms with Crippen molar-refractivity contribution in [3.63, 3.8) is 0 Å². The van der Waals surface area contributed by atoms with Crippen molar-refractivity contribution >= 4 is 17.7 Å². The van der Waals surface area contributed by atoms with E-state index >= 15 is 0 Å². The first-order valence-electron chi connectivity index (χ1n) is 11.8. The number of ketones is 2. The van der Waals surface area contributed by atoms with Crippen LogP contribution in [0.1, 0.15) is 80.2 Å². The van der Waals surface area contributed by atoms with Crippen molar-refractivity contribution in [1.29, 1.82) is 0 Å². The Morgan fingerprint density at radius 2 is 1.55 bits per heavy atom. The lowest BCUT2D eigenvalue weighted by molar-refractivity contribution is -0.133. The molecule has 2 unspecified atom stereocenters. The van der Waals surface area contributed by atoms with Gasteiger partial charge in [-0.25, -0.2) is 4.79 Å². The molecule has 2 N–H and O–H groups in total. The molecule has 0 saturated carbocycles. The maximum atomic E-state index is 13.3. The Labute approximate surface area is 199 Å². The molecule has 0 aliphatic rings. The molecule has 1 aromatic rings. The van der Waals surface area contributed by atoms with E-state index in [1.807, 2.05) is 65.0 Å². The van der Waals surface area contributed by atoms with Gasteiger partial charge in [0.05, 0.1) is 6.04 Å². The Balaban J connectivity index is 3.08. The van der Waals surface area contributed by atoms with Crippen LogP contribution in [-0.2, 0) is 20.7 Å². The molecular weight excluding hydrogens is 418 g/mol. The van der Waals surface area contributed by atoms with Crippen LogP contribution >= 0.6 is 0 Å². The van der Waals surface area contributed by atoms with E-state index in [-0.39, 0.29) is 35.7 Å². The summed E-state index contributed by atoms with van der Waals surface area (Å²) in [4.78, 5) is 38.4. The fourth-order valence-corrected chi connectivity index (χ4v) is 3.70. The molecule has 0 bridgehead atoms. The number of aliphatic hydroxyl groups excluding tert-OH is 1. The van der Waals surface area contributed by atoms with Crippen molar-refractivity contribution in [2.24, 2.45) is 17.3 Å². The monoisotopic (exact) mass is 461 g/mol. The van der Waals surface area contributed by atoms with E-state index in [1.165, 1.54) is 0 Å². The van der Waals surface area contributed by atoms with Crippen LogP contribution in [0.15, 0.2) is 30.3 Å². The second-order valence-corrected chi connectivity index (χ2v) is 11.6. The topological polar surface area (TPSA) is 92.7 Å².